The van der Waals surface area contributed by atoms with E-state index in [2.05, 4.69) is 42.6 Å². The molecule has 0 aliphatic carbocycles. The lowest BCUT2D eigenvalue weighted by molar-refractivity contribution is -0.118. The summed E-state index contributed by atoms with van der Waals surface area (Å²) in [5, 5.41) is 3.93. The number of aryl methyl sites for hydroxylation is 1. The van der Waals surface area contributed by atoms with Crippen LogP contribution in [-0.4, -0.2) is 27.8 Å². The Morgan fingerprint density at radius 3 is 2.67 bits per heavy atom. The minimum atomic E-state index is 0.102. The van der Waals surface area contributed by atoms with Crippen LogP contribution < -0.4 is 5.32 Å². The molecule has 120 valence electrons. The van der Waals surface area contributed by atoms with Gasteiger partial charge in [0.15, 0.2) is 5.16 Å². The van der Waals surface area contributed by atoms with Gasteiger partial charge in [-0.25, -0.2) is 4.98 Å². The lowest BCUT2D eigenvalue weighted by Gasteiger charge is -2.12. The van der Waals surface area contributed by atoms with Crippen molar-refractivity contribution in [3.63, 3.8) is 0 Å². The van der Waals surface area contributed by atoms with E-state index in [4.69, 9.17) is 0 Å². The molecule has 0 unspecified atom stereocenters. The highest BCUT2D eigenvalue weighted by Crippen LogP contribution is 2.22. The number of hydrogen-bond acceptors (Lipinski definition) is 3. The highest BCUT2D eigenvalue weighted by molar-refractivity contribution is 7.99. The fraction of sp³-hybridized carbons (Fsp3) is 0.750. The van der Waals surface area contributed by atoms with Gasteiger partial charge in [0.25, 0.3) is 0 Å². The fourth-order valence-electron chi connectivity index (χ4n) is 2.10. The Labute approximate surface area is 133 Å². The van der Waals surface area contributed by atoms with E-state index in [9.17, 15) is 4.79 Å². The molecule has 0 bridgehead atoms. The quantitative estimate of drug-likeness (QED) is 0.560. The standard InChI is InChI=1S/C16H29N3OS/c1-6-7-8-9-17-15(20)11-21-16-18-13(4)14(5)19(16)10-12(2)3/h12H,6-11H2,1-5H3,(H,17,20). The lowest BCUT2D eigenvalue weighted by Crippen LogP contribution is -2.26. The van der Waals surface area contributed by atoms with Gasteiger partial charge in [-0.15, -0.1) is 0 Å². The summed E-state index contributed by atoms with van der Waals surface area (Å²) in [6.07, 6.45) is 3.41. The van der Waals surface area contributed by atoms with E-state index >= 15 is 0 Å². The Hall–Kier alpha value is -0.970. The normalized spacial score (nSPS) is 11.1. The zero-order valence-corrected chi connectivity index (χ0v) is 14.8. The van der Waals surface area contributed by atoms with Crippen LogP contribution in [0.25, 0.3) is 0 Å². The summed E-state index contributed by atoms with van der Waals surface area (Å²) in [4.78, 5) is 16.4. The second-order valence-corrected chi connectivity index (χ2v) is 6.86. The molecule has 5 heteroatoms. The number of aromatic nitrogens is 2. The van der Waals surface area contributed by atoms with Crippen LogP contribution in [0.5, 0.6) is 0 Å². The number of amides is 1. The van der Waals surface area contributed by atoms with Gasteiger partial charge < -0.3 is 9.88 Å². The summed E-state index contributed by atoms with van der Waals surface area (Å²) in [5.74, 6) is 1.12. The Morgan fingerprint density at radius 2 is 2.05 bits per heavy atom. The fourth-order valence-corrected chi connectivity index (χ4v) is 3.03. The van der Waals surface area contributed by atoms with Crippen LogP contribution in [0.15, 0.2) is 5.16 Å². The molecule has 0 aromatic carbocycles. The Bertz CT molecular complexity index is 455. The monoisotopic (exact) mass is 311 g/mol. The van der Waals surface area contributed by atoms with E-state index in [0.717, 1.165) is 30.4 Å². The first-order chi connectivity index (χ1) is 9.95. The zero-order chi connectivity index (χ0) is 15.8. The lowest BCUT2D eigenvalue weighted by atomic mass is 10.2. The summed E-state index contributed by atoms with van der Waals surface area (Å²) in [6.45, 7) is 12.4. The van der Waals surface area contributed by atoms with Gasteiger partial charge in [0.1, 0.15) is 0 Å². The van der Waals surface area contributed by atoms with Crippen LogP contribution in [-0.2, 0) is 11.3 Å². The third-order valence-corrected chi connectivity index (χ3v) is 4.38. The number of hydrogen-bond donors (Lipinski definition) is 1. The molecule has 1 amide bonds. The van der Waals surface area contributed by atoms with Crippen molar-refractivity contribution in [1.29, 1.82) is 0 Å². The summed E-state index contributed by atoms with van der Waals surface area (Å²) in [5.41, 5.74) is 2.26. The van der Waals surface area contributed by atoms with Crippen LogP contribution in [0.1, 0.15) is 51.4 Å². The molecule has 21 heavy (non-hydrogen) atoms. The molecule has 0 fully saturated rings. The van der Waals surface area contributed by atoms with E-state index < -0.39 is 0 Å². The first-order valence-electron chi connectivity index (χ1n) is 7.88. The van der Waals surface area contributed by atoms with Gasteiger partial charge in [-0.05, 0) is 26.2 Å². The maximum atomic E-state index is 11.8. The number of imidazole rings is 1. The van der Waals surface area contributed by atoms with E-state index in [0.29, 0.717) is 11.7 Å². The number of carbonyl (C=O) groups excluding carboxylic acids is 1. The SMILES string of the molecule is CCCCCNC(=O)CSc1nc(C)c(C)n1CC(C)C. The molecular weight excluding hydrogens is 282 g/mol. The number of unbranched alkanes of at least 4 members (excludes halogenated alkanes) is 2. The Kier molecular flexibility index (Phi) is 7.86. The Morgan fingerprint density at radius 1 is 1.33 bits per heavy atom. The van der Waals surface area contributed by atoms with Gasteiger partial charge in [0.05, 0.1) is 11.4 Å². The number of nitrogens with zero attached hydrogens (tertiary/aromatic N) is 2. The predicted octanol–water partition coefficient (Wildman–Crippen LogP) is 3.55. The van der Waals surface area contributed by atoms with Crippen LogP contribution in [0.4, 0.5) is 0 Å². The molecule has 0 saturated carbocycles. The largest absolute Gasteiger partial charge is 0.355 e. The maximum Gasteiger partial charge on any atom is 0.230 e. The van der Waals surface area contributed by atoms with Crippen molar-refractivity contribution in [2.45, 2.75) is 65.6 Å². The van der Waals surface area contributed by atoms with Gasteiger partial charge in [-0.1, -0.05) is 45.4 Å². The molecule has 0 saturated heterocycles. The first-order valence-corrected chi connectivity index (χ1v) is 8.87. The van der Waals surface area contributed by atoms with Crippen molar-refractivity contribution >= 4 is 17.7 Å². The number of nitrogens with one attached hydrogen (secondary N) is 1. The van der Waals surface area contributed by atoms with Crippen molar-refractivity contribution in [2.75, 3.05) is 12.3 Å². The molecule has 0 spiro atoms. The highest BCUT2D eigenvalue weighted by Gasteiger charge is 2.14. The van der Waals surface area contributed by atoms with Crippen LogP contribution in [0, 0.1) is 19.8 Å². The number of carbonyl (C=O) groups is 1. The number of thioether (sulfide) groups is 1. The molecule has 0 radical (unpaired) electrons. The average molecular weight is 311 g/mol. The maximum absolute atomic E-state index is 11.8. The Balaban J connectivity index is 2.51. The van der Waals surface area contributed by atoms with Crippen LogP contribution in [0.2, 0.25) is 0 Å². The third-order valence-electron chi connectivity index (χ3n) is 3.41. The van der Waals surface area contributed by atoms with Crippen molar-refractivity contribution in [3.05, 3.63) is 11.4 Å². The van der Waals surface area contributed by atoms with Gasteiger partial charge in [0, 0.05) is 18.8 Å². The first kappa shape index (κ1) is 18.1. The van der Waals surface area contributed by atoms with Crippen LogP contribution >= 0.6 is 11.8 Å². The minimum Gasteiger partial charge on any atom is -0.355 e. The van der Waals surface area contributed by atoms with E-state index in [1.54, 1.807) is 0 Å². The van der Waals surface area contributed by atoms with Crippen molar-refractivity contribution in [1.82, 2.24) is 14.9 Å². The van der Waals surface area contributed by atoms with Gasteiger partial charge in [-0.3, -0.25) is 4.79 Å². The van der Waals surface area contributed by atoms with E-state index in [1.807, 2.05) is 6.92 Å². The molecule has 0 aliphatic heterocycles. The molecule has 4 nitrogen and oxygen atoms in total. The molecule has 1 aromatic heterocycles. The molecule has 1 rings (SSSR count). The number of rotatable bonds is 9. The summed E-state index contributed by atoms with van der Waals surface area (Å²) >= 11 is 1.54. The predicted molar refractivity (Wildman–Crippen MR) is 89.8 cm³/mol. The average Bonchev–Trinajstić information content (AvgIpc) is 2.69. The summed E-state index contributed by atoms with van der Waals surface area (Å²) in [7, 11) is 0. The van der Waals surface area contributed by atoms with Gasteiger partial charge >= 0.3 is 0 Å². The molecule has 0 aliphatic rings. The molecule has 0 atom stereocenters. The molecular formula is C16H29N3OS. The van der Waals surface area contributed by atoms with E-state index in [-0.39, 0.29) is 5.91 Å². The van der Waals surface area contributed by atoms with E-state index in [1.165, 1.54) is 30.3 Å². The smallest absolute Gasteiger partial charge is 0.230 e. The second kappa shape index (κ2) is 9.13. The van der Waals surface area contributed by atoms with Crippen molar-refractivity contribution < 1.29 is 4.79 Å². The second-order valence-electron chi connectivity index (χ2n) is 5.92. The zero-order valence-electron chi connectivity index (χ0n) is 14.0. The van der Waals surface area contributed by atoms with Crippen molar-refractivity contribution in [3.8, 4) is 0 Å². The topological polar surface area (TPSA) is 46.9 Å². The van der Waals surface area contributed by atoms with Crippen LogP contribution in [0.3, 0.4) is 0 Å². The minimum absolute atomic E-state index is 0.102. The van der Waals surface area contributed by atoms with Gasteiger partial charge in [-0.2, -0.15) is 0 Å². The summed E-state index contributed by atoms with van der Waals surface area (Å²) < 4.78 is 2.23. The third kappa shape index (κ3) is 6.12. The molecule has 1 aromatic rings. The molecule has 1 N–H and O–H groups in total. The molecule has 1 heterocycles. The highest BCUT2D eigenvalue weighted by atomic mass is 32.2. The van der Waals surface area contributed by atoms with Crippen molar-refractivity contribution in [2.24, 2.45) is 5.92 Å². The van der Waals surface area contributed by atoms with Gasteiger partial charge in [0.2, 0.25) is 5.91 Å². The summed E-state index contributed by atoms with van der Waals surface area (Å²) in [6, 6.07) is 0.